The summed E-state index contributed by atoms with van der Waals surface area (Å²) >= 11 is 0. The van der Waals surface area contributed by atoms with Crippen LogP contribution in [0.1, 0.15) is 30.9 Å². The lowest BCUT2D eigenvalue weighted by atomic mass is 10.1. The molecule has 1 aromatic carbocycles. The maximum Gasteiger partial charge on any atom is 0.237 e. The molecule has 4 rings (SSSR count). The molecule has 2 aliphatic heterocycles. The third-order valence-corrected chi connectivity index (χ3v) is 7.00. The Morgan fingerprint density at radius 1 is 0.968 bits per heavy atom. The molecular formula is C24H37N5O2. The summed E-state index contributed by atoms with van der Waals surface area (Å²) in [6.07, 6.45) is 2.24. The number of carbonyl (C=O) groups excluding carboxylic acids is 2. The van der Waals surface area contributed by atoms with Crippen LogP contribution in [0.2, 0.25) is 0 Å². The standard InChI is InChI=1S/C24H37N5O2/c1-19-5-3-4-6-21(19)17-26-11-15-29(16-12-26)23(30)18-27-9-13-28(14-10-27)20(2)24(31)25-22-7-8-22/h3-6,20,22H,7-18H2,1-2H3,(H,25,31). The highest BCUT2D eigenvalue weighted by atomic mass is 16.2. The lowest BCUT2D eigenvalue weighted by Crippen LogP contribution is -2.56. The van der Waals surface area contributed by atoms with Crippen molar-refractivity contribution in [1.82, 2.24) is 24.9 Å². The van der Waals surface area contributed by atoms with E-state index in [1.807, 2.05) is 11.8 Å². The fraction of sp³-hybridized carbons (Fsp3) is 0.667. The largest absolute Gasteiger partial charge is 0.352 e. The molecule has 0 aromatic heterocycles. The molecule has 2 saturated heterocycles. The predicted octanol–water partition coefficient (Wildman–Crippen LogP) is 0.924. The van der Waals surface area contributed by atoms with E-state index in [4.69, 9.17) is 0 Å². The quantitative estimate of drug-likeness (QED) is 0.702. The van der Waals surface area contributed by atoms with Gasteiger partial charge in [0.15, 0.2) is 0 Å². The monoisotopic (exact) mass is 427 g/mol. The number of hydrogen-bond acceptors (Lipinski definition) is 5. The Kier molecular flexibility index (Phi) is 7.25. The summed E-state index contributed by atoms with van der Waals surface area (Å²) in [5, 5.41) is 3.10. The highest BCUT2D eigenvalue weighted by Crippen LogP contribution is 2.19. The van der Waals surface area contributed by atoms with Crippen LogP contribution in [0, 0.1) is 6.92 Å². The van der Waals surface area contributed by atoms with Gasteiger partial charge in [0.1, 0.15) is 0 Å². The van der Waals surface area contributed by atoms with E-state index >= 15 is 0 Å². The lowest BCUT2D eigenvalue weighted by molar-refractivity contribution is -0.135. The van der Waals surface area contributed by atoms with Crippen molar-refractivity contribution < 1.29 is 9.59 Å². The second-order valence-electron chi connectivity index (χ2n) is 9.35. The van der Waals surface area contributed by atoms with Crippen molar-refractivity contribution in [1.29, 1.82) is 0 Å². The van der Waals surface area contributed by atoms with Gasteiger partial charge in [0.2, 0.25) is 11.8 Å². The summed E-state index contributed by atoms with van der Waals surface area (Å²) < 4.78 is 0. The van der Waals surface area contributed by atoms with Crippen LogP contribution in [0.5, 0.6) is 0 Å². The molecule has 3 fully saturated rings. The van der Waals surface area contributed by atoms with Gasteiger partial charge in [-0.3, -0.25) is 24.3 Å². The third-order valence-electron chi connectivity index (χ3n) is 7.00. The molecule has 3 aliphatic rings. The fourth-order valence-corrected chi connectivity index (χ4v) is 4.50. The summed E-state index contributed by atoms with van der Waals surface area (Å²) in [5.74, 6) is 0.388. The number of aryl methyl sites for hydroxylation is 1. The first kappa shape index (κ1) is 22.2. The van der Waals surface area contributed by atoms with Crippen LogP contribution < -0.4 is 5.32 Å². The molecule has 2 heterocycles. The number of nitrogens with one attached hydrogen (secondary N) is 1. The van der Waals surface area contributed by atoms with Crippen LogP contribution in [0.4, 0.5) is 0 Å². The Morgan fingerprint density at radius 2 is 1.61 bits per heavy atom. The molecule has 7 heteroatoms. The Morgan fingerprint density at radius 3 is 2.26 bits per heavy atom. The molecule has 0 bridgehead atoms. The Balaban J connectivity index is 1.16. The zero-order valence-electron chi connectivity index (χ0n) is 19.1. The highest BCUT2D eigenvalue weighted by Gasteiger charge is 2.31. The molecule has 1 aromatic rings. The van der Waals surface area contributed by atoms with Gasteiger partial charge in [-0.2, -0.15) is 0 Å². The maximum atomic E-state index is 12.8. The van der Waals surface area contributed by atoms with Crippen molar-refractivity contribution in [2.75, 3.05) is 58.9 Å². The van der Waals surface area contributed by atoms with Crippen LogP contribution >= 0.6 is 0 Å². The first-order chi connectivity index (χ1) is 15.0. The van der Waals surface area contributed by atoms with E-state index in [0.717, 1.165) is 71.7 Å². The molecule has 1 N–H and O–H groups in total. The van der Waals surface area contributed by atoms with Crippen LogP contribution in [0.3, 0.4) is 0 Å². The van der Waals surface area contributed by atoms with Gasteiger partial charge in [-0.25, -0.2) is 0 Å². The molecule has 2 amide bonds. The van der Waals surface area contributed by atoms with Crippen molar-refractivity contribution in [2.45, 2.75) is 45.3 Å². The van der Waals surface area contributed by atoms with Gasteiger partial charge in [0.05, 0.1) is 12.6 Å². The van der Waals surface area contributed by atoms with Crippen LogP contribution in [0.15, 0.2) is 24.3 Å². The van der Waals surface area contributed by atoms with Crippen LogP contribution in [-0.4, -0.2) is 102 Å². The van der Waals surface area contributed by atoms with E-state index in [1.165, 1.54) is 11.1 Å². The molecule has 7 nitrogen and oxygen atoms in total. The summed E-state index contributed by atoms with van der Waals surface area (Å²) in [5.41, 5.74) is 2.71. The summed E-state index contributed by atoms with van der Waals surface area (Å²) in [4.78, 5) is 34.1. The van der Waals surface area contributed by atoms with Crippen molar-refractivity contribution in [3.8, 4) is 0 Å². The second-order valence-corrected chi connectivity index (χ2v) is 9.35. The van der Waals surface area contributed by atoms with E-state index in [0.29, 0.717) is 12.6 Å². The van der Waals surface area contributed by atoms with Crippen molar-refractivity contribution in [2.24, 2.45) is 0 Å². The number of carbonyl (C=O) groups is 2. The van der Waals surface area contributed by atoms with Crippen molar-refractivity contribution in [3.05, 3.63) is 35.4 Å². The number of piperazine rings is 2. The normalized spacial score (nSPS) is 22.3. The average Bonchev–Trinajstić information content (AvgIpc) is 3.60. The molecule has 0 spiro atoms. The van der Waals surface area contributed by atoms with Gasteiger partial charge in [0, 0.05) is 64.9 Å². The van der Waals surface area contributed by atoms with Gasteiger partial charge in [-0.1, -0.05) is 24.3 Å². The first-order valence-electron chi connectivity index (χ1n) is 11.8. The van der Waals surface area contributed by atoms with E-state index in [1.54, 1.807) is 0 Å². The summed E-state index contributed by atoms with van der Waals surface area (Å²) in [6, 6.07) is 8.87. The van der Waals surface area contributed by atoms with Gasteiger partial charge in [-0.05, 0) is 37.8 Å². The van der Waals surface area contributed by atoms with Crippen LogP contribution in [-0.2, 0) is 16.1 Å². The minimum Gasteiger partial charge on any atom is -0.352 e. The molecule has 170 valence electrons. The van der Waals surface area contributed by atoms with Crippen molar-refractivity contribution >= 4 is 11.8 Å². The van der Waals surface area contributed by atoms with Crippen molar-refractivity contribution in [3.63, 3.8) is 0 Å². The fourth-order valence-electron chi connectivity index (χ4n) is 4.50. The molecule has 31 heavy (non-hydrogen) atoms. The summed E-state index contributed by atoms with van der Waals surface area (Å²) in [7, 11) is 0. The highest BCUT2D eigenvalue weighted by molar-refractivity contribution is 5.82. The van der Waals surface area contributed by atoms with Gasteiger partial charge in [0.25, 0.3) is 0 Å². The lowest BCUT2D eigenvalue weighted by Gasteiger charge is -2.39. The predicted molar refractivity (Wildman–Crippen MR) is 122 cm³/mol. The van der Waals surface area contributed by atoms with Gasteiger partial charge < -0.3 is 10.2 Å². The number of amides is 2. The molecule has 0 radical (unpaired) electrons. The van der Waals surface area contributed by atoms with E-state index in [2.05, 4.69) is 51.2 Å². The SMILES string of the molecule is Cc1ccccc1CN1CCN(C(=O)CN2CCN(C(C)C(=O)NC3CC3)CC2)CC1. The summed E-state index contributed by atoms with van der Waals surface area (Å²) in [6.45, 7) is 12.5. The number of benzene rings is 1. The minimum absolute atomic E-state index is 0.0835. The van der Waals surface area contributed by atoms with Gasteiger partial charge in [-0.15, -0.1) is 0 Å². The van der Waals surface area contributed by atoms with E-state index in [9.17, 15) is 9.59 Å². The Labute approximate surface area is 186 Å². The van der Waals surface area contributed by atoms with E-state index < -0.39 is 0 Å². The number of hydrogen-bond donors (Lipinski definition) is 1. The smallest absolute Gasteiger partial charge is 0.237 e. The number of rotatable bonds is 7. The molecule has 1 saturated carbocycles. The molecule has 1 aliphatic carbocycles. The topological polar surface area (TPSA) is 59.1 Å². The second kappa shape index (κ2) is 10.1. The Hall–Kier alpha value is -1.96. The van der Waals surface area contributed by atoms with Crippen LogP contribution in [0.25, 0.3) is 0 Å². The van der Waals surface area contributed by atoms with Gasteiger partial charge >= 0.3 is 0 Å². The zero-order chi connectivity index (χ0) is 21.8. The van der Waals surface area contributed by atoms with E-state index in [-0.39, 0.29) is 17.9 Å². The Bertz CT molecular complexity index is 765. The molecular weight excluding hydrogens is 390 g/mol. The minimum atomic E-state index is -0.0835. The number of nitrogens with zero attached hydrogens (tertiary/aromatic N) is 4. The first-order valence-corrected chi connectivity index (χ1v) is 11.8. The molecule has 1 unspecified atom stereocenters. The average molecular weight is 428 g/mol. The third kappa shape index (κ3) is 6.05. The zero-order valence-corrected chi connectivity index (χ0v) is 19.1. The molecule has 1 atom stereocenters. The maximum absolute atomic E-state index is 12.8.